The van der Waals surface area contributed by atoms with E-state index in [1.165, 1.54) is 7.11 Å². The van der Waals surface area contributed by atoms with Gasteiger partial charge in [0.1, 0.15) is 0 Å². The molecule has 0 aliphatic carbocycles. The second kappa shape index (κ2) is 6.84. The lowest BCUT2D eigenvalue weighted by Crippen LogP contribution is -2.47. The SMILES string of the molecule is COc1ccc(C(=O)N2C[C@@H]3CC[C@H]2CN(CC(=O)N(C)C)C3)o1. The van der Waals surface area contributed by atoms with Crippen LogP contribution in [0.4, 0.5) is 0 Å². The molecule has 0 aromatic carbocycles. The third kappa shape index (κ3) is 3.40. The van der Waals surface area contributed by atoms with Gasteiger partial charge >= 0.3 is 0 Å². The Balaban J connectivity index is 1.71. The van der Waals surface area contributed by atoms with Crippen molar-refractivity contribution in [1.29, 1.82) is 0 Å². The van der Waals surface area contributed by atoms with E-state index < -0.39 is 0 Å². The van der Waals surface area contributed by atoms with E-state index in [1.54, 1.807) is 31.1 Å². The molecule has 0 spiro atoms. The fourth-order valence-electron chi connectivity index (χ4n) is 3.58. The van der Waals surface area contributed by atoms with Crippen molar-refractivity contribution in [1.82, 2.24) is 14.7 Å². The second-order valence-corrected chi connectivity index (χ2v) is 6.86. The van der Waals surface area contributed by atoms with Crippen LogP contribution in [0.3, 0.4) is 0 Å². The van der Waals surface area contributed by atoms with E-state index in [1.807, 2.05) is 4.90 Å². The first-order valence-electron chi connectivity index (χ1n) is 8.35. The second-order valence-electron chi connectivity index (χ2n) is 6.86. The lowest BCUT2D eigenvalue weighted by Gasteiger charge is -2.35. The summed E-state index contributed by atoms with van der Waals surface area (Å²) in [5, 5.41) is 0. The molecule has 2 amide bonds. The van der Waals surface area contributed by atoms with Crippen LogP contribution in [0, 0.1) is 5.92 Å². The fourth-order valence-corrected chi connectivity index (χ4v) is 3.58. The minimum absolute atomic E-state index is 0.0891. The van der Waals surface area contributed by atoms with E-state index in [-0.39, 0.29) is 17.9 Å². The number of carbonyl (C=O) groups is 2. The molecule has 3 aliphatic heterocycles. The first kappa shape index (κ1) is 16.8. The van der Waals surface area contributed by atoms with Gasteiger partial charge in [-0.3, -0.25) is 14.5 Å². The van der Waals surface area contributed by atoms with Crippen molar-refractivity contribution in [2.75, 3.05) is 47.4 Å². The molecule has 0 radical (unpaired) electrons. The molecule has 2 atom stereocenters. The fraction of sp³-hybridized carbons (Fsp3) is 0.647. The number of amides is 2. The van der Waals surface area contributed by atoms with E-state index in [0.717, 1.165) is 32.5 Å². The van der Waals surface area contributed by atoms with Crippen molar-refractivity contribution in [2.24, 2.45) is 5.92 Å². The highest BCUT2D eigenvalue weighted by molar-refractivity contribution is 5.92. The summed E-state index contributed by atoms with van der Waals surface area (Å²) >= 11 is 0. The number of fused-ring (bicyclic) bond motifs is 4. The summed E-state index contributed by atoms with van der Waals surface area (Å²) < 4.78 is 10.4. The lowest BCUT2D eigenvalue weighted by atomic mass is 9.95. The van der Waals surface area contributed by atoms with Crippen LogP contribution in [-0.2, 0) is 4.79 Å². The maximum absolute atomic E-state index is 12.8. The van der Waals surface area contributed by atoms with E-state index in [2.05, 4.69) is 4.90 Å². The Morgan fingerprint density at radius 2 is 2.04 bits per heavy atom. The molecule has 7 heteroatoms. The quantitative estimate of drug-likeness (QED) is 0.818. The number of nitrogens with zero attached hydrogens (tertiary/aromatic N) is 3. The molecule has 3 saturated heterocycles. The predicted octanol–water partition coefficient (Wildman–Crippen LogP) is 0.913. The van der Waals surface area contributed by atoms with Gasteiger partial charge in [0.2, 0.25) is 5.91 Å². The van der Waals surface area contributed by atoms with Crippen molar-refractivity contribution in [3.63, 3.8) is 0 Å². The Morgan fingerprint density at radius 3 is 2.71 bits per heavy atom. The zero-order valence-electron chi connectivity index (χ0n) is 14.5. The topological polar surface area (TPSA) is 66.2 Å². The van der Waals surface area contributed by atoms with Gasteiger partial charge in [0, 0.05) is 45.8 Å². The molecule has 0 saturated carbocycles. The van der Waals surface area contributed by atoms with Gasteiger partial charge < -0.3 is 19.0 Å². The maximum atomic E-state index is 12.8. The highest BCUT2D eigenvalue weighted by Gasteiger charge is 2.38. The number of hydrogen-bond acceptors (Lipinski definition) is 5. The summed E-state index contributed by atoms with van der Waals surface area (Å²) in [5.74, 6) is 1.07. The molecule has 1 aromatic rings. The van der Waals surface area contributed by atoms with Gasteiger partial charge in [-0.05, 0) is 24.8 Å². The van der Waals surface area contributed by atoms with E-state index >= 15 is 0 Å². The standard InChI is InChI=1S/C17H25N3O4/c1-18(2)15(21)11-19-8-12-4-5-13(10-19)20(9-12)17(22)14-6-7-16(23-3)24-14/h6-7,12-13H,4-5,8-11H2,1-3H3/t12-,13+/m1/s1. The Labute approximate surface area is 142 Å². The maximum Gasteiger partial charge on any atom is 0.290 e. The Morgan fingerprint density at radius 1 is 1.25 bits per heavy atom. The molecule has 4 heterocycles. The number of hydrogen-bond donors (Lipinski definition) is 0. The number of methoxy groups -OCH3 is 1. The van der Waals surface area contributed by atoms with E-state index in [9.17, 15) is 9.59 Å². The summed E-state index contributed by atoms with van der Waals surface area (Å²) in [7, 11) is 5.06. The zero-order valence-corrected chi connectivity index (χ0v) is 14.5. The van der Waals surface area contributed by atoms with Crippen LogP contribution in [0.2, 0.25) is 0 Å². The molecule has 4 rings (SSSR count). The Kier molecular flexibility index (Phi) is 4.80. The smallest absolute Gasteiger partial charge is 0.290 e. The summed E-state index contributed by atoms with van der Waals surface area (Å²) in [6.45, 7) is 2.73. The van der Waals surface area contributed by atoms with Gasteiger partial charge in [-0.1, -0.05) is 0 Å². The molecule has 2 bridgehead atoms. The van der Waals surface area contributed by atoms with Crippen LogP contribution in [0.5, 0.6) is 5.95 Å². The number of furan rings is 1. The summed E-state index contributed by atoms with van der Waals surface area (Å²) in [5.41, 5.74) is 0. The van der Waals surface area contributed by atoms with Crippen LogP contribution < -0.4 is 4.74 Å². The number of likely N-dealkylation sites (N-methyl/N-ethyl adjacent to an activating group) is 1. The van der Waals surface area contributed by atoms with Gasteiger partial charge in [0.15, 0.2) is 5.76 Å². The van der Waals surface area contributed by atoms with Crippen LogP contribution in [0.1, 0.15) is 23.4 Å². The summed E-state index contributed by atoms with van der Waals surface area (Å²) in [6, 6.07) is 3.45. The van der Waals surface area contributed by atoms with Gasteiger partial charge in [-0.15, -0.1) is 0 Å². The lowest BCUT2D eigenvalue weighted by molar-refractivity contribution is -0.129. The highest BCUT2D eigenvalue weighted by Crippen LogP contribution is 2.30. The van der Waals surface area contributed by atoms with Crippen molar-refractivity contribution >= 4 is 11.8 Å². The van der Waals surface area contributed by atoms with Crippen molar-refractivity contribution in [2.45, 2.75) is 18.9 Å². The number of rotatable bonds is 4. The van der Waals surface area contributed by atoms with Gasteiger partial charge in [-0.2, -0.15) is 0 Å². The molecule has 24 heavy (non-hydrogen) atoms. The van der Waals surface area contributed by atoms with Crippen LogP contribution in [0.25, 0.3) is 0 Å². The minimum atomic E-state index is -0.0891. The third-order valence-electron chi connectivity index (χ3n) is 4.90. The molecule has 132 valence electrons. The van der Waals surface area contributed by atoms with Gasteiger partial charge in [0.25, 0.3) is 11.9 Å². The average molecular weight is 335 g/mol. The third-order valence-corrected chi connectivity index (χ3v) is 4.90. The van der Waals surface area contributed by atoms with Crippen molar-refractivity contribution < 1.29 is 18.7 Å². The van der Waals surface area contributed by atoms with Gasteiger partial charge in [-0.25, -0.2) is 0 Å². The number of carbonyl (C=O) groups excluding carboxylic acids is 2. The summed E-state index contributed by atoms with van der Waals surface area (Å²) in [4.78, 5) is 30.5. The Hall–Kier alpha value is -2.02. The highest BCUT2D eigenvalue weighted by atomic mass is 16.6. The molecule has 0 N–H and O–H groups in total. The number of piperidine rings is 1. The number of ether oxygens (including phenoxy) is 1. The molecule has 3 aliphatic rings. The first-order chi connectivity index (χ1) is 11.5. The molecular weight excluding hydrogens is 310 g/mol. The first-order valence-corrected chi connectivity index (χ1v) is 8.35. The largest absolute Gasteiger partial charge is 0.468 e. The molecular formula is C17H25N3O4. The normalized spacial score (nSPS) is 23.9. The molecule has 0 unspecified atom stereocenters. The minimum Gasteiger partial charge on any atom is -0.468 e. The van der Waals surface area contributed by atoms with Crippen LogP contribution >= 0.6 is 0 Å². The molecule has 7 nitrogen and oxygen atoms in total. The van der Waals surface area contributed by atoms with Gasteiger partial charge in [0.05, 0.1) is 13.7 Å². The zero-order chi connectivity index (χ0) is 17.3. The Bertz CT molecular complexity index is 613. The van der Waals surface area contributed by atoms with Crippen molar-refractivity contribution in [3.05, 3.63) is 17.9 Å². The average Bonchev–Trinajstić information content (AvgIpc) is 2.88. The van der Waals surface area contributed by atoms with Crippen LogP contribution in [0.15, 0.2) is 16.5 Å². The monoisotopic (exact) mass is 335 g/mol. The predicted molar refractivity (Wildman–Crippen MR) is 87.9 cm³/mol. The summed E-state index contributed by atoms with van der Waals surface area (Å²) in [6.07, 6.45) is 2.07. The van der Waals surface area contributed by atoms with Crippen molar-refractivity contribution in [3.8, 4) is 5.95 Å². The molecule has 1 aromatic heterocycles. The molecule has 3 fully saturated rings. The van der Waals surface area contributed by atoms with E-state index in [0.29, 0.717) is 24.2 Å². The van der Waals surface area contributed by atoms with E-state index in [4.69, 9.17) is 9.15 Å². The van der Waals surface area contributed by atoms with Crippen LogP contribution in [-0.4, -0.2) is 79.9 Å².